The number of aromatic nitrogens is 2. The number of hydrogen-bond acceptors (Lipinski definition) is 6. The molecule has 1 amide bonds. The molecule has 0 saturated heterocycles. The molecule has 5 aromatic rings. The molecule has 0 saturated carbocycles. The van der Waals surface area contributed by atoms with Crippen LogP contribution in [0.5, 0.6) is 0 Å². The van der Waals surface area contributed by atoms with Crippen molar-refractivity contribution in [3.05, 3.63) is 104 Å². The normalized spacial score (nSPS) is 13.2. The first-order valence-corrected chi connectivity index (χ1v) is 13.1. The number of furan rings is 1. The summed E-state index contributed by atoms with van der Waals surface area (Å²) in [6, 6.07) is 17.7. The second-order valence-electron chi connectivity index (χ2n) is 8.77. The van der Waals surface area contributed by atoms with Crippen molar-refractivity contribution < 1.29 is 9.21 Å². The highest BCUT2D eigenvalue weighted by atomic mass is 35.5. The van der Waals surface area contributed by atoms with Gasteiger partial charge in [-0.2, -0.15) is 5.10 Å². The lowest BCUT2D eigenvalue weighted by atomic mass is 9.97. The van der Waals surface area contributed by atoms with Crippen molar-refractivity contribution in [2.75, 3.05) is 0 Å². The lowest BCUT2D eigenvalue weighted by Gasteiger charge is -2.11. The minimum absolute atomic E-state index is 0.103. The van der Waals surface area contributed by atoms with Crippen LogP contribution in [-0.4, -0.2) is 21.7 Å². The van der Waals surface area contributed by atoms with Gasteiger partial charge < -0.3 is 4.42 Å². The van der Waals surface area contributed by atoms with Crippen molar-refractivity contribution in [1.29, 1.82) is 0 Å². The molecule has 0 unspecified atom stereocenters. The van der Waals surface area contributed by atoms with Crippen molar-refractivity contribution in [2.45, 2.75) is 25.7 Å². The number of amides is 1. The average Bonchev–Trinajstić information content (AvgIpc) is 3.54. The number of nitrogens with zero attached hydrogens (tertiary/aromatic N) is 3. The third-order valence-corrected chi connectivity index (χ3v) is 7.83. The topological polar surface area (TPSA) is 89.5 Å². The van der Waals surface area contributed by atoms with E-state index in [9.17, 15) is 9.59 Å². The summed E-state index contributed by atoms with van der Waals surface area (Å²) < 4.78 is 7.27. The molecular formula is C28H21ClN4O3S. The van der Waals surface area contributed by atoms with Crippen LogP contribution in [0.15, 0.2) is 81.3 Å². The Morgan fingerprint density at radius 2 is 1.95 bits per heavy atom. The summed E-state index contributed by atoms with van der Waals surface area (Å²) in [5.41, 5.74) is 5.38. The molecule has 0 fully saturated rings. The van der Waals surface area contributed by atoms with Crippen molar-refractivity contribution >= 4 is 45.3 Å². The number of nitrogens with one attached hydrogen (secondary N) is 1. The molecule has 1 aliphatic carbocycles. The number of carbonyl (C=O) groups is 1. The molecule has 1 N–H and O–H groups in total. The summed E-state index contributed by atoms with van der Waals surface area (Å²) >= 11 is 7.55. The highest BCUT2D eigenvalue weighted by Gasteiger charge is 2.20. The van der Waals surface area contributed by atoms with Crippen LogP contribution in [0.1, 0.15) is 39.4 Å². The van der Waals surface area contributed by atoms with E-state index in [1.807, 2.05) is 18.2 Å². The number of hydrogen-bond donors (Lipinski definition) is 1. The van der Waals surface area contributed by atoms with Gasteiger partial charge in [-0.15, -0.1) is 11.3 Å². The second-order valence-corrected chi connectivity index (χ2v) is 10.3. The first-order valence-electron chi connectivity index (χ1n) is 11.9. The van der Waals surface area contributed by atoms with Crippen LogP contribution in [0.3, 0.4) is 0 Å². The molecular weight excluding hydrogens is 508 g/mol. The number of hydrazone groups is 1. The van der Waals surface area contributed by atoms with E-state index in [-0.39, 0.29) is 5.56 Å². The molecule has 1 aliphatic rings. The van der Waals surface area contributed by atoms with Gasteiger partial charge >= 0.3 is 0 Å². The quantitative estimate of drug-likeness (QED) is 0.224. The number of thiophene rings is 1. The Bertz CT molecular complexity index is 1720. The van der Waals surface area contributed by atoms with Crippen LogP contribution in [0, 0.1) is 0 Å². The van der Waals surface area contributed by atoms with Crippen molar-refractivity contribution in [3.8, 4) is 17.0 Å². The number of carbonyl (C=O) groups excluding carboxylic acids is 1. The zero-order chi connectivity index (χ0) is 25.4. The van der Waals surface area contributed by atoms with Crippen LogP contribution in [0.4, 0.5) is 0 Å². The predicted molar refractivity (Wildman–Crippen MR) is 146 cm³/mol. The fraction of sp³-hybridized carbons (Fsp3) is 0.143. The maximum atomic E-state index is 13.4. The number of aryl methyl sites for hydroxylation is 2. The predicted octanol–water partition coefficient (Wildman–Crippen LogP) is 6.00. The molecule has 6 rings (SSSR count). The largest absolute Gasteiger partial charge is 0.455 e. The van der Waals surface area contributed by atoms with Gasteiger partial charge in [0.15, 0.2) is 0 Å². The summed E-state index contributed by atoms with van der Waals surface area (Å²) in [7, 11) is 0. The van der Waals surface area contributed by atoms with Crippen LogP contribution >= 0.6 is 22.9 Å². The minimum Gasteiger partial charge on any atom is -0.455 e. The third kappa shape index (κ3) is 4.61. The zero-order valence-electron chi connectivity index (χ0n) is 19.6. The molecule has 3 aromatic heterocycles. The van der Waals surface area contributed by atoms with Crippen LogP contribution in [0.2, 0.25) is 5.02 Å². The molecule has 9 heteroatoms. The second kappa shape index (κ2) is 9.80. The molecule has 0 radical (unpaired) electrons. The van der Waals surface area contributed by atoms with E-state index >= 15 is 0 Å². The summed E-state index contributed by atoms with van der Waals surface area (Å²) in [6.45, 7) is 0. The molecule has 7 nitrogen and oxygen atoms in total. The Labute approximate surface area is 221 Å². The van der Waals surface area contributed by atoms with Gasteiger partial charge in [-0.3, -0.25) is 14.2 Å². The van der Waals surface area contributed by atoms with Crippen molar-refractivity contribution in [2.24, 2.45) is 5.10 Å². The summed E-state index contributed by atoms with van der Waals surface area (Å²) in [5, 5.41) is 5.38. The number of fused-ring (bicyclic) bond motifs is 3. The Morgan fingerprint density at radius 1 is 1.11 bits per heavy atom. The number of halogens is 1. The van der Waals surface area contributed by atoms with E-state index in [0.717, 1.165) is 41.6 Å². The van der Waals surface area contributed by atoms with Crippen molar-refractivity contribution in [3.63, 3.8) is 0 Å². The molecule has 0 atom stereocenters. The van der Waals surface area contributed by atoms with E-state index in [1.54, 1.807) is 53.8 Å². The van der Waals surface area contributed by atoms with Gasteiger partial charge in [-0.25, -0.2) is 10.4 Å². The Balaban J connectivity index is 1.20. The van der Waals surface area contributed by atoms with E-state index < -0.39 is 5.91 Å². The minimum atomic E-state index is -0.405. The van der Waals surface area contributed by atoms with E-state index in [4.69, 9.17) is 16.0 Å². The highest BCUT2D eigenvalue weighted by molar-refractivity contribution is 7.18. The van der Waals surface area contributed by atoms with Crippen LogP contribution in [0.25, 0.3) is 27.2 Å². The van der Waals surface area contributed by atoms with Crippen LogP contribution in [-0.2, 0) is 12.8 Å². The third-order valence-electron chi connectivity index (χ3n) is 6.38. The van der Waals surface area contributed by atoms with Gasteiger partial charge in [0.2, 0.25) is 0 Å². The monoisotopic (exact) mass is 528 g/mol. The molecule has 0 bridgehead atoms. The van der Waals surface area contributed by atoms with Crippen molar-refractivity contribution in [1.82, 2.24) is 15.0 Å². The Morgan fingerprint density at radius 3 is 2.81 bits per heavy atom. The Hall–Kier alpha value is -4.01. The molecule has 184 valence electrons. The van der Waals surface area contributed by atoms with Crippen LogP contribution < -0.4 is 11.0 Å². The van der Waals surface area contributed by atoms with Gasteiger partial charge in [0.25, 0.3) is 11.5 Å². The Kier molecular flexibility index (Phi) is 6.20. The smallest absolute Gasteiger partial charge is 0.271 e. The molecule has 37 heavy (non-hydrogen) atoms. The summed E-state index contributed by atoms with van der Waals surface area (Å²) in [6.07, 6.45) is 7.13. The lowest BCUT2D eigenvalue weighted by molar-refractivity contribution is 0.0955. The fourth-order valence-electron chi connectivity index (χ4n) is 4.54. The van der Waals surface area contributed by atoms with E-state index in [1.165, 1.54) is 22.0 Å². The van der Waals surface area contributed by atoms with E-state index in [0.29, 0.717) is 33.2 Å². The molecule has 3 heterocycles. The van der Waals surface area contributed by atoms with E-state index in [2.05, 4.69) is 15.5 Å². The van der Waals surface area contributed by atoms with Gasteiger partial charge in [-0.1, -0.05) is 17.7 Å². The summed E-state index contributed by atoms with van der Waals surface area (Å²) in [5.74, 6) is 0.752. The van der Waals surface area contributed by atoms with Gasteiger partial charge in [0.05, 0.1) is 17.3 Å². The summed E-state index contributed by atoms with van der Waals surface area (Å²) in [4.78, 5) is 32.7. The zero-order valence-corrected chi connectivity index (χ0v) is 21.2. The molecule has 2 aromatic carbocycles. The molecule has 0 aliphatic heterocycles. The standard InChI is InChI=1S/C28H21ClN4O3S/c29-19-10-8-17(9-11-19)23-13-12-21(36-23)15-31-32-26(34)18-4-3-5-20(14-18)33-16-30-27-25(28(33)35)22-6-1-2-7-24(22)37-27/h3-5,8-16H,1-2,6-7H2,(H,32,34)/b31-15+. The lowest BCUT2D eigenvalue weighted by Crippen LogP contribution is -2.21. The fourth-order valence-corrected chi connectivity index (χ4v) is 5.88. The first-order chi connectivity index (χ1) is 18.1. The maximum absolute atomic E-state index is 13.4. The SMILES string of the molecule is O=C(N/N=C/c1ccc(-c2ccc(Cl)cc2)o1)c1cccc(-n2cnc3sc4c(c3c2=O)CCCC4)c1. The van der Waals surface area contributed by atoms with Gasteiger partial charge in [0.1, 0.15) is 22.7 Å². The maximum Gasteiger partial charge on any atom is 0.271 e. The first kappa shape index (κ1) is 23.4. The average molecular weight is 529 g/mol. The highest BCUT2D eigenvalue weighted by Crippen LogP contribution is 2.33. The number of benzene rings is 2. The molecule has 0 spiro atoms. The van der Waals surface area contributed by atoms with Gasteiger partial charge in [-0.05, 0) is 85.8 Å². The number of rotatable bonds is 5. The van der Waals surface area contributed by atoms with Gasteiger partial charge in [0, 0.05) is 21.0 Å².